The van der Waals surface area contributed by atoms with E-state index in [1.807, 2.05) is 0 Å². The van der Waals surface area contributed by atoms with E-state index in [1.54, 1.807) is 5.57 Å². The highest BCUT2D eigenvalue weighted by Crippen LogP contribution is 2.66. The summed E-state index contributed by atoms with van der Waals surface area (Å²) in [6.07, 6.45) is 22.1. The highest BCUT2D eigenvalue weighted by atomic mass is 14.6. The second kappa shape index (κ2) is 5.89. The van der Waals surface area contributed by atoms with Crippen molar-refractivity contribution in [3.63, 3.8) is 0 Å². The summed E-state index contributed by atoms with van der Waals surface area (Å²) in [5.41, 5.74) is 2.61. The Bertz CT molecular complexity index is 579. The number of fused-ring (bicyclic) bond motifs is 5. The van der Waals surface area contributed by atoms with Crippen LogP contribution in [0.2, 0.25) is 0 Å². The van der Waals surface area contributed by atoms with Crippen LogP contribution in [-0.4, -0.2) is 0 Å². The number of allylic oxidation sites excluding steroid dienone is 6. The van der Waals surface area contributed by atoms with Crippen LogP contribution in [0.15, 0.2) is 36.0 Å². The van der Waals surface area contributed by atoms with Crippen molar-refractivity contribution >= 4 is 0 Å². The van der Waals surface area contributed by atoms with Gasteiger partial charge in [-0.15, -0.1) is 0 Å². The molecule has 0 unspecified atom stereocenters. The van der Waals surface area contributed by atoms with Crippen LogP contribution in [-0.2, 0) is 0 Å². The van der Waals surface area contributed by atoms with Crippen molar-refractivity contribution in [1.29, 1.82) is 0 Å². The summed E-state index contributed by atoms with van der Waals surface area (Å²) < 4.78 is 0. The maximum atomic E-state index is 2.67. The monoisotopic (exact) mass is 324 g/mol. The van der Waals surface area contributed by atoms with Crippen LogP contribution in [0.25, 0.3) is 0 Å². The van der Waals surface area contributed by atoms with Gasteiger partial charge in [0.1, 0.15) is 0 Å². The zero-order valence-electron chi connectivity index (χ0n) is 16.2. The smallest absolute Gasteiger partial charge is 0.000690 e. The second-order valence-electron chi connectivity index (χ2n) is 9.82. The summed E-state index contributed by atoms with van der Waals surface area (Å²) in [6.45, 7) is 10.1. The van der Waals surface area contributed by atoms with Gasteiger partial charge in [-0.2, -0.15) is 0 Å². The van der Waals surface area contributed by atoms with Crippen molar-refractivity contribution in [1.82, 2.24) is 0 Å². The first-order valence-corrected chi connectivity index (χ1v) is 10.6. The lowest BCUT2D eigenvalue weighted by Crippen LogP contribution is -2.48. The van der Waals surface area contributed by atoms with E-state index in [9.17, 15) is 0 Å². The van der Waals surface area contributed by atoms with Gasteiger partial charge in [0.25, 0.3) is 0 Å². The number of hydrogen-bond donors (Lipinski definition) is 0. The molecule has 0 heterocycles. The van der Waals surface area contributed by atoms with Gasteiger partial charge >= 0.3 is 0 Å². The summed E-state index contributed by atoms with van der Waals surface area (Å²) in [7, 11) is 0. The lowest BCUT2D eigenvalue weighted by Gasteiger charge is -2.56. The van der Waals surface area contributed by atoms with E-state index in [4.69, 9.17) is 0 Å². The first-order valence-electron chi connectivity index (χ1n) is 10.6. The molecular formula is C24H36. The molecule has 2 saturated carbocycles. The van der Waals surface area contributed by atoms with E-state index >= 15 is 0 Å². The van der Waals surface area contributed by atoms with Crippen molar-refractivity contribution < 1.29 is 0 Å². The van der Waals surface area contributed by atoms with Gasteiger partial charge in [0, 0.05) is 0 Å². The van der Waals surface area contributed by atoms with Crippen molar-refractivity contribution in [2.45, 2.75) is 72.6 Å². The van der Waals surface area contributed by atoms with Gasteiger partial charge in [0.05, 0.1) is 0 Å². The van der Waals surface area contributed by atoms with E-state index in [2.05, 4.69) is 58.1 Å². The Labute approximate surface area is 149 Å². The molecule has 2 fully saturated rings. The van der Waals surface area contributed by atoms with Crippen molar-refractivity contribution in [2.75, 3.05) is 0 Å². The largest absolute Gasteiger partial charge is 0.0836 e. The predicted octanol–water partition coefficient (Wildman–Crippen LogP) is 6.94. The minimum absolute atomic E-state index is 0.405. The van der Waals surface area contributed by atoms with Crippen LogP contribution >= 0.6 is 0 Å². The molecular weight excluding hydrogens is 288 g/mol. The molecule has 0 aliphatic heterocycles. The summed E-state index contributed by atoms with van der Waals surface area (Å²) in [6, 6.07) is 0. The molecule has 4 rings (SSSR count). The van der Waals surface area contributed by atoms with Gasteiger partial charge in [-0.1, -0.05) is 70.9 Å². The molecule has 24 heavy (non-hydrogen) atoms. The minimum Gasteiger partial charge on any atom is -0.0836 e. The first kappa shape index (κ1) is 16.7. The van der Waals surface area contributed by atoms with Gasteiger partial charge in [-0.25, -0.2) is 0 Å². The Morgan fingerprint density at radius 1 is 1.17 bits per heavy atom. The molecule has 4 aliphatic carbocycles. The number of hydrogen-bond acceptors (Lipinski definition) is 0. The molecule has 0 spiro atoms. The highest BCUT2D eigenvalue weighted by Gasteiger charge is 2.57. The zero-order valence-corrected chi connectivity index (χ0v) is 16.2. The Morgan fingerprint density at radius 2 is 2.00 bits per heavy atom. The van der Waals surface area contributed by atoms with E-state index in [0.717, 1.165) is 29.6 Å². The quantitative estimate of drug-likeness (QED) is 0.527. The summed E-state index contributed by atoms with van der Waals surface area (Å²) in [4.78, 5) is 0. The molecule has 0 aromatic heterocycles. The van der Waals surface area contributed by atoms with Crippen LogP contribution in [0.1, 0.15) is 72.6 Å². The fourth-order valence-electron chi connectivity index (χ4n) is 7.46. The molecule has 132 valence electrons. The topological polar surface area (TPSA) is 0 Å². The molecule has 0 radical (unpaired) electrons. The van der Waals surface area contributed by atoms with E-state index in [0.29, 0.717) is 10.8 Å². The lowest BCUT2D eigenvalue weighted by molar-refractivity contribution is -0.0220. The van der Waals surface area contributed by atoms with Crippen molar-refractivity contribution in [3.05, 3.63) is 36.0 Å². The molecule has 0 nitrogen and oxygen atoms in total. The van der Waals surface area contributed by atoms with Gasteiger partial charge in [-0.05, 0) is 78.1 Å². The standard InChI is InChI=1S/C24H36/c1-5-8-17(2)20-12-13-21-19-11-10-18-9-6-7-15-23(18,3)22(19)14-16-24(20,21)4/h6-7,9-11,17,19-22H,5,8,12-16H2,1-4H3/t17-,19+,20-,21+,22+,23+,24-/m1/s1. The molecule has 0 amide bonds. The van der Waals surface area contributed by atoms with E-state index in [1.165, 1.54) is 44.9 Å². The fourth-order valence-corrected chi connectivity index (χ4v) is 7.46. The van der Waals surface area contributed by atoms with E-state index < -0.39 is 0 Å². The van der Waals surface area contributed by atoms with Crippen LogP contribution < -0.4 is 0 Å². The van der Waals surface area contributed by atoms with Crippen molar-refractivity contribution in [3.8, 4) is 0 Å². The third kappa shape index (κ3) is 2.24. The Balaban J connectivity index is 1.64. The third-order valence-electron chi connectivity index (χ3n) is 8.77. The molecule has 4 aliphatic rings. The maximum absolute atomic E-state index is 2.67. The third-order valence-corrected chi connectivity index (χ3v) is 8.77. The van der Waals surface area contributed by atoms with Gasteiger partial charge in [0.2, 0.25) is 0 Å². The molecule has 0 N–H and O–H groups in total. The van der Waals surface area contributed by atoms with Crippen molar-refractivity contribution in [2.24, 2.45) is 40.4 Å². The van der Waals surface area contributed by atoms with Gasteiger partial charge in [-0.3, -0.25) is 0 Å². The van der Waals surface area contributed by atoms with E-state index in [-0.39, 0.29) is 0 Å². The highest BCUT2D eigenvalue weighted by molar-refractivity contribution is 5.39. The molecule has 0 saturated heterocycles. The average molecular weight is 325 g/mol. The van der Waals surface area contributed by atoms with Crippen LogP contribution in [0.5, 0.6) is 0 Å². The molecule has 0 aromatic rings. The Kier molecular flexibility index (Phi) is 4.09. The van der Waals surface area contributed by atoms with Gasteiger partial charge < -0.3 is 0 Å². The zero-order chi connectivity index (χ0) is 16.9. The Morgan fingerprint density at radius 3 is 2.79 bits per heavy atom. The average Bonchev–Trinajstić information content (AvgIpc) is 2.92. The minimum atomic E-state index is 0.405. The molecule has 0 aromatic carbocycles. The maximum Gasteiger partial charge on any atom is -0.000690 e. The van der Waals surface area contributed by atoms with Crippen LogP contribution in [0, 0.1) is 40.4 Å². The molecule has 0 heteroatoms. The first-order chi connectivity index (χ1) is 11.5. The molecule has 0 bridgehead atoms. The summed E-state index contributed by atoms with van der Waals surface area (Å²) in [5, 5.41) is 0. The Hall–Kier alpha value is -0.780. The lowest BCUT2D eigenvalue weighted by atomic mass is 9.48. The van der Waals surface area contributed by atoms with Crippen LogP contribution in [0.3, 0.4) is 0 Å². The molecule has 7 atom stereocenters. The summed E-state index contributed by atoms with van der Waals surface area (Å²) >= 11 is 0. The summed E-state index contributed by atoms with van der Waals surface area (Å²) in [5.74, 6) is 4.51. The van der Waals surface area contributed by atoms with Gasteiger partial charge in [0.15, 0.2) is 0 Å². The second-order valence-corrected chi connectivity index (χ2v) is 9.82. The SMILES string of the molecule is CCC[C@@H](C)[C@H]1CC[C@H]2[C@@H]3C=CC4=CC=CC[C@]4(C)[C@H]3CC[C@]12C. The normalized spacial score (nSPS) is 47.6. The number of rotatable bonds is 3. The van der Waals surface area contributed by atoms with Crippen LogP contribution in [0.4, 0.5) is 0 Å². The predicted molar refractivity (Wildman–Crippen MR) is 104 cm³/mol. The fraction of sp³-hybridized carbons (Fsp3) is 0.750.